The summed E-state index contributed by atoms with van der Waals surface area (Å²) in [6.45, 7) is 3.65. The Labute approximate surface area is 69.7 Å². The van der Waals surface area contributed by atoms with Gasteiger partial charge < -0.3 is 10.7 Å². The molecule has 1 amide bonds. The van der Waals surface area contributed by atoms with E-state index < -0.39 is 5.91 Å². The quantitative estimate of drug-likeness (QED) is 0.631. The van der Waals surface area contributed by atoms with Gasteiger partial charge in [0, 0.05) is 5.71 Å². The minimum Gasteiger partial charge on any atom is -0.364 e. The minimum atomic E-state index is -0.573. The Kier molecular flexibility index (Phi) is 2.23. The first kappa shape index (κ1) is 8.45. The molecule has 0 aliphatic rings. The molecular formula is C7H10N4O. The Bertz CT molecular complexity index is 322. The third-order valence-electron chi connectivity index (χ3n) is 1.19. The number of hydrogen-bond donors (Lipinski definition) is 2. The molecule has 0 fully saturated rings. The van der Waals surface area contributed by atoms with Gasteiger partial charge in [-0.05, 0) is 13.8 Å². The highest BCUT2D eigenvalue weighted by Gasteiger charge is 2.09. The lowest BCUT2D eigenvalue weighted by atomic mass is 10.4. The van der Waals surface area contributed by atoms with E-state index in [-0.39, 0.29) is 5.69 Å². The first-order valence-electron chi connectivity index (χ1n) is 3.46. The van der Waals surface area contributed by atoms with Crippen molar-refractivity contribution in [3.8, 4) is 0 Å². The van der Waals surface area contributed by atoms with E-state index in [1.807, 2.05) is 13.8 Å². The van der Waals surface area contributed by atoms with Crippen LogP contribution in [0.4, 0.5) is 5.82 Å². The number of rotatable bonds is 2. The van der Waals surface area contributed by atoms with Gasteiger partial charge in [-0.2, -0.15) is 0 Å². The summed E-state index contributed by atoms with van der Waals surface area (Å²) in [5.41, 5.74) is 6.06. The molecular weight excluding hydrogens is 156 g/mol. The average Bonchev–Trinajstić information content (AvgIpc) is 2.33. The van der Waals surface area contributed by atoms with Gasteiger partial charge in [-0.3, -0.25) is 4.79 Å². The van der Waals surface area contributed by atoms with Crippen molar-refractivity contribution >= 4 is 17.4 Å². The molecule has 3 N–H and O–H groups in total. The predicted octanol–water partition coefficient (Wildman–Crippen LogP) is 0.621. The van der Waals surface area contributed by atoms with Crippen molar-refractivity contribution in [1.82, 2.24) is 9.97 Å². The van der Waals surface area contributed by atoms with Gasteiger partial charge in [-0.15, -0.1) is 0 Å². The van der Waals surface area contributed by atoms with E-state index in [0.29, 0.717) is 5.82 Å². The van der Waals surface area contributed by atoms with Crippen LogP contribution in [0.1, 0.15) is 24.3 Å². The van der Waals surface area contributed by atoms with Gasteiger partial charge >= 0.3 is 0 Å². The molecule has 1 heterocycles. The zero-order valence-corrected chi connectivity index (χ0v) is 6.96. The molecule has 5 heteroatoms. The number of aromatic amines is 1. The summed E-state index contributed by atoms with van der Waals surface area (Å²) in [6.07, 6.45) is 1.39. The van der Waals surface area contributed by atoms with Crippen LogP contribution in [0.3, 0.4) is 0 Å². The number of amides is 1. The van der Waals surface area contributed by atoms with Crippen LogP contribution in [0.25, 0.3) is 0 Å². The van der Waals surface area contributed by atoms with Crippen LogP contribution in [0, 0.1) is 0 Å². The van der Waals surface area contributed by atoms with Crippen LogP contribution >= 0.6 is 0 Å². The number of aromatic nitrogens is 2. The maximum absolute atomic E-state index is 10.7. The highest BCUT2D eigenvalue weighted by atomic mass is 16.1. The summed E-state index contributed by atoms with van der Waals surface area (Å²) in [5.74, 6) is -0.154. The molecule has 1 rings (SSSR count). The highest BCUT2D eigenvalue weighted by Crippen LogP contribution is 2.12. The Morgan fingerprint density at radius 3 is 2.83 bits per heavy atom. The Morgan fingerprint density at radius 2 is 2.33 bits per heavy atom. The lowest BCUT2D eigenvalue weighted by Crippen LogP contribution is -2.11. The minimum absolute atomic E-state index is 0.177. The molecule has 0 radical (unpaired) electrons. The largest absolute Gasteiger partial charge is 0.364 e. The smallest absolute Gasteiger partial charge is 0.271 e. The number of H-pyrrole nitrogens is 1. The summed E-state index contributed by atoms with van der Waals surface area (Å²) >= 11 is 0. The van der Waals surface area contributed by atoms with E-state index in [9.17, 15) is 4.79 Å². The lowest BCUT2D eigenvalue weighted by molar-refractivity contribution is 0.0997. The molecule has 0 spiro atoms. The Hall–Kier alpha value is -1.65. The molecule has 12 heavy (non-hydrogen) atoms. The normalized spacial score (nSPS) is 9.50. The van der Waals surface area contributed by atoms with E-state index in [1.54, 1.807) is 0 Å². The second-order valence-electron chi connectivity index (χ2n) is 2.52. The maximum atomic E-state index is 10.7. The van der Waals surface area contributed by atoms with Gasteiger partial charge in [0.25, 0.3) is 5.91 Å². The first-order valence-corrected chi connectivity index (χ1v) is 3.46. The fourth-order valence-electron chi connectivity index (χ4n) is 0.777. The van der Waals surface area contributed by atoms with Crippen LogP contribution in [-0.4, -0.2) is 21.6 Å². The second-order valence-corrected chi connectivity index (χ2v) is 2.52. The van der Waals surface area contributed by atoms with Gasteiger partial charge in [0.2, 0.25) is 0 Å². The van der Waals surface area contributed by atoms with Crippen molar-refractivity contribution in [1.29, 1.82) is 0 Å². The number of primary amides is 1. The standard InChI is InChI=1S/C7H10N4O/c1-4(2)11-7-5(6(8)12)9-3-10-7/h3H,1-2H3,(H2,8,12)(H,9,10). The van der Waals surface area contributed by atoms with Crippen LogP contribution in [0.15, 0.2) is 11.3 Å². The summed E-state index contributed by atoms with van der Waals surface area (Å²) in [6, 6.07) is 0. The molecule has 0 saturated carbocycles. The Balaban J connectivity index is 3.08. The van der Waals surface area contributed by atoms with Crippen LogP contribution in [0.2, 0.25) is 0 Å². The number of nitrogens with zero attached hydrogens (tertiary/aromatic N) is 2. The zero-order valence-electron chi connectivity index (χ0n) is 6.96. The fourth-order valence-corrected chi connectivity index (χ4v) is 0.777. The van der Waals surface area contributed by atoms with Crippen molar-refractivity contribution in [2.75, 3.05) is 0 Å². The SMILES string of the molecule is CC(C)=Nc1[nH]cnc1C(N)=O. The molecule has 0 aliphatic carbocycles. The number of nitrogens with two attached hydrogens (primary N) is 1. The average molecular weight is 166 g/mol. The van der Waals surface area contributed by atoms with E-state index in [1.165, 1.54) is 6.33 Å². The van der Waals surface area contributed by atoms with Gasteiger partial charge in [-0.1, -0.05) is 0 Å². The summed E-state index contributed by atoms with van der Waals surface area (Å²) < 4.78 is 0. The summed E-state index contributed by atoms with van der Waals surface area (Å²) in [5, 5.41) is 0. The number of carbonyl (C=O) groups excluding carboxylic acids is 1. The number of imidazole rings is 1. The lowest BCUT2D eigenvalue weighted by Gasteiger charge is -1.92. The molecule has 64 valence electrons. The van der Waals surface area contributed by atoms with E-state index >= 15 is 0 Å². The van der Waals surface area contributed by atoms with Crippen molar-refractivity contribution in [3.05, 3.63) is 12.0 Å². The van der Waals surface area contributed by atoms with Crippen LogP contribution < -0.4 is 5.73 Å². The summed E-state index contributed by atoms with van der Waals surface area (Å²) in [4.78, 5) is 21.2. The fraction of sp³-hybridized carbons (Fsp3) is 0.286. The molecule has 0 bridgehead atoms. The van der Waals surface area contributed by atoms with E-state index in [4.69, 9.17) is 5.73 Å². The number of carbonyl (C=O) groups is 1. The zero-order chi connectivity index (χ0) is 9.14. The monoisotopic (exact) mass is 166 g/mol. The van der Waals surface area contributed by atoms with Crippen molar-refractivity contribution < 1.29 is 4.79 Å². The van der Waals surface area contributed by atoms with Crippen LogP contribution in [0.5, 0.6) is 0 Å². The van der Waals surface area contributed by atoms with Crippen LogP contribution in [-0.2, 0) is 0 Å². The first-order chi connectivity index (χ1) is 5.61. The van der Waals surface area contributed by atoms with Gasteiger partial charge in [-0.25, -0.2) is 9.98 Å². The van der Waals surface area contributed by atoms with Crippen molar-refractivity contribution in [2.24, 2.45) is 10.7 Å². The van der Waals surface area contributed by atoms with Crippen molar-refractivity contribution in [3.63, 3.8) is 0 Å². The third-order valence-corrected chi connectivity index (χ3v) is 1.19. The molecule has 0 saturated heterocycles. The van der Waals surface area contributed by atoms with E-state index in [0.717, 1.165) is 5.71 Å². The molecule has 1 aromatic heterocycles. The molecule has 5 nitrogen and oxygen atoms in total. The second kappa shape index (κ2) is 3.17. The molecule has 0 atom stereocenters. The Morgan fingerprint density at radius 1 is 1.67 bits per heavy atom. The summed E-state index contributed by atoms with van der Waals surface area (Å²) in [7, 11) is 0. The molecule has 0 aliphatic heterocycles. The predicted molar refractivity (Wildman–Crippen MR) is 45.5 cm³/mol. The highest BCUT2D eigenvalue weighted by molar-refractivity contribution is 5.96. The third kappa shape index (κ3) is 1.69. The number of hydrogen-bond acceptors (Lipinski definition) is 3. The molecule has 0 aromatic carbocycles. The van der Waals surface area contributed by atoms with Gasteiger partial charge in [0.1, 0.15) is 0 Å². The van der Waals surface area contributed by atoms with Gasteiger partial charge in [0.15, 0.2) is 11.5 Å². The van der Waals surface area contributed by atoms with E-state index in [2.05, 4.69) is 15.0 Å². The van der Waals surface area contributed by atoms with Crippen molar-refractivity contribution in [2.45, 2.75) is 13.8 Å². The maximum Gasteiger partial charge on any atom is 0.271 e. The number of aliphatic imine (C=N–C) groups is 1. The molecule has 0 unspecified atom stereocenters. The van der Waals surface area contributed by atoms with Gasteiger partial charge in [0.05, 0.1) is 6.33 Å². The number of nitrogens with one attached hydrogen (secondary N) is 1. The topological polar surface area (TPSA) is 84.1 Å². The molecule has 1 aromatic rings.